The molecule has 3 aromatic carbocycles. The Bertz CT molecular complexity index is 1260. The maximum atomic E-state index is 12.4. The Morgan fingerprint density at radius 3 is 2.43 bits per heavy atom. The zero-order valence-electron chi connectivity index (χ0n) is 19.8. The molecule has 1 aliphatic carbocycles. The number of carbonyl (C=O) groups is 1. The Morgan fingerprint density at radius 1 is 0.971 bits per heavy atom. The molecule has 0 spiro atoms. The summed E-state index contributed by atoms with van der Waals surface area (Å²) in [6.45, 7) is 1.71. The summed E-state index contributed by atoms with van der Waals surface area (Å²) in [5.41, 5.74) is 8.03. The van der Waals surface area contributed by atoms with Crippen molar-refractivity contribution in [3.63, 3.8) is 0 Å². The number of urea groups is 1. The van der Waals surface area contributed by atoms with Crippen LogP contribution in [-0.2, 0) is 6.54 Å². The summed E-state index contributed by atoms with van der Waals surface area (Å²) in [6, 6.07) is 22.7. The summed E-state index contributed by atoms with van der Waals surface area (Å²) in [5, 5.41) is 9.32. The number of hydrogen-bond acceptors (Lipinski definition) is 4. The molecule has 0 atom stereocenters. The largest absolute Gasteiger partial charge is 0.457 e. The Kier molecular flexibility index (Phi) is 6.95. The number of para-hydroxylation sites is 1. The highest BCUT2D eigenvalue weighted by Crippen LogP contribution is 2.30. The quantitative estimate of drug-likeness (QED) is 0.333. The zero-order valence-corrected chi connectivity index (χ0v) is 19.8. The lowest BCUT2D eigenvalue weighted by Gasteiger charge is -2.22. The molecule has 0 unspecified atom stereocenters. The van der Waals surface area contributed by atoms with Crippen molar-refractivity contribution >= 4 is 28.3 Å². The number of primary amides is 1. The number of rotatable bonds is 8. The summed E-state index contributed by atoms with van der Waals surface area (Å²) in [6.07, 6.45) is 8.58. The third kappa shape index (κ3) is 5.63. The molecule has 1 heterocycles. The Balaban J connectivity index is 1.29. The van der Waals surface area contributed by atoms with Gasteiger partial charge in [-0.3, -0.25) is 9.58 Å². The summed E-state index contributed by atoms with van der Waals surface area (Å²) in [5.74, 6) is 1.44. The number of fused-ring (bicyclic) bond motifs is 1. The molecule has 1 aromatic heterocycles. The van der Waals surface area contributed by atoms with E-state index in [2.05, 4.69) is 5.32 Å². The van der Waals surface area contributed by atoms with E-state index >= 15 is 0 Å². The number of hydrogen-bond donors (Lipinski definition) is 2. The second kappa shape index (κ2) is 10.6. The van der Waals surface area contributed by atoms with Gasteiger partial charge in [0, 0.05) is 24.2 Å². The number of anilines is 2. The number of amides is 2. The second-order valence-corrected chi connectivity index (χ2v) is 9.01. The van der Waals surface area contributed by atoms with E-state index in [1.54, 1.807) is 0 Å². The first-order valence-corrected chi connectivity index (χ1v) is 12.3. The molecular weight excluding hydrogens is 438 g/mol. The minimum Gasteiger partial charge on any atom is -0.457 e. The number of carbonyl (C=O) groups excluding carboxylic acids is 1. The molecule has 3 N–H and O–H groups in total. The van der Waals surface area contributed by atoms with Crippen LogP contribution < -0.4 is 20.7 Å². The third-order valence-corrected chi connectivity index (χ3v) is 6.47. The van der Waals surface area contributed by atoms with Gasteiger partial charge in [0.25, 0.3) is 0 Å². The minimum absolute atomic E-state index is 0.551. The highest BCUT2D eigenvalue weighted by molar-refractivity contribution is 6.00. The van der Waals surface area contributed by atoms with Crippen LogP contribution in [0.3, 0.4) is 0 Å². The van der Waals surface area contributed by atoms with Gasteiger partial charge in [-0.1, -0.05) is 37.5 Å². The zero-order chi connectivity index (χ0) is 24.0. The number of ether oxygens (including phenoxy) is 1. The number of aromatic nitrogens is 2. The van der Waals surface area contributed by atoms with Crippen molar-refractivity contribution in [3.8, 4) is 11.5 Å². The predicted octanol–water partition coefficient (Wildman–Crippen LogP) is 5.97. The van der Waals surface area contributed by atoms with Gasteiger partial charge in [0.15, 0.2) is 0 Å². The van der Waals surface area contributed by atoms with Crippen molar-refractivity contribution < 1.29 is 9.53 Å². The van der Waals surface area contributed by atoms with Gasteiger partial charge in [-0.2, -0.15) is 5.10 Å². The molecule has 180 valence electrons. The smallest absolute Gasteiger partial charge is 0.323 e. The lowest BCUT2D eigenvalue weighted by atomic mass is 9.95. The predicted molar refractivity (Wildman–Crippen MR) is 139 cm³/mol. The van der Waals surface area contributed by atoms with E-state index in [4.69, 9.17) is 15.6 Å². The molecular formula is C28H31N5O2. The molecule has 0 aliphatic heterocycles. The molecule has 2 amide bonds. The molecule has 1 fully saturated rings. The van der Waals surface area contributed by atoms with Crippen LogP contribution in [0.25, 0.3) is 10.9 Å². The van der Waals surface area contributed by atoms with E-state index < -0.39 is 6.03 Å². The standard InChI is InChI=1S/C28H31N5O2/c29-28(34)33(23-11-14-26(15-12-23)35-25-9-5-2-6-10-25)24-13-16-27-21(19-24)20-32(31-27)18-17-30-22-7-3-1-4-8-22/h2,5-6,9-16,19-20,22,30H,1,3-4,7-8,17-18H2,(H2,29,34). The molecule has 0 saturated heterocycles. The first kappa shape index (κ1) is 22.9. The molecule has 7 heteroatoms. The summed E-state index contributed by atoms with van der Waals surface area (Å²) < 4.78 is 7.83. The molecule has 1 aliphatic rings. The summed E-state index contributed by atoms with van der Waals surface area (Å²) in [4.78, 5) is 13.9. The van der Waals surface area contributed by atoms with E-state index in [9.17, 15) is 4.79 Å². The lowest BCUT2D eigenvalue weighted by Crippen LogP contribution is -2.33. The molecule has 4 aromatic rings. The average Bonchev–Trinajstić information content (AvgIpc) is 3.28. The van der Waals surface area contributed by atoms with E-state index in [0.29, 0.717) is 23.2 Å². The molecule has 35 heavy (non-hydrogen) atoms. The Morgan fingerprint density at radius 2 is 1.69 bits per heavy atom. The number of nitrogens with two attached hydrogens (primary N) is 1. The van der Waals surface area contributed by atoms with Gasteiger partial charge in [-0.05, 0) is 67.4 Å². The van der Waals surface area contributed by atoms with Crippen LogP contribution in [0, 0.1) is 0 Å². The van der Waals surface area contributed by atoms with Crippen molar-refractivity contribution in [1.82, 2.24) is 15.1 Å². The highest BCUT2D eigenvalue weighted by atomic mass is 16.5. The third-order valence-electron chi connectivity index (χ3n) is 6.47. The Hall–Kier alpha value is -3.84. The number of nitrogens with one attached hydrogen (secondary N) is 1. The van der Waals surface area contributed by atoms with Crippen molar-refractivity contribution in [3.05, 3.63) is 79.0 Å². The number of nitrogens with zero attached hydrogens (tertiary/aromatic N) is 3. The highest BCUT2D eigenvalue weighted by Gasteiger charge is 2.17. The van der Waals surface area contributed by atoms with Gasteiger partial charge in [0.1, 0.15) is 11.5 Å². The molecule has 0 bridgehead atoms. The average molecular weight is 470 g/mol. The van der Waals surface area contributed by atoms with Crippen LogP contribution in [0.2, 0.25) is 0 Å². The summed E-state index contributed by atoms with van der Waals surface area (Å²) in [7, 11) is 0. The number of benzene rings is 3. The van der Waals surface area contributed by atoms with Crippen molar-refractivity contribution in [2.24, 2.45) is 5.73 Å². The normalized spacial score (nSPS) is 14.2. The van der Waals surface area contributed by atoms with Crippen LogP contribution in [0.4, 0.5) is 16.2 Å². The molecule has 1 saturated carbocycles. The minimum atomic E-state index is -0.551. The van der Waals surface area contributed by atoms with Gasteiger partial charge in [0.2, 0.25) is 0 Å². The van der Waals surface area contributed by atoms with Gasteiger partial charge in [-0.25, -0.2) is 4.79 Å². The van der Waals surface area contributed by atoms with Crippen LogP contribution in [0.15, 0.2) is 79.0 Å². The van der Waals surface area contributed by atoms with Crippen molar-refractivity contribution in [1.29, 1.82) is 0 Å². The maximum absolute atomic E-state index is 12.4. The SMILES string of the molecule is NC(=O)N(c1ccc(Oc2ccccc2)cc1)c1ccc2nn(CCNC3CCCCC3)cc2c1. The fourth-order valence-corrected chi connectivity index (χ4v) is 4.70. The fourth-order valence-electron chi connectivity index (χ4n) is 4.70. The van der Waals surface area contributed by atoms with Crippen molar-refractivity contribution in [2.75, 3.05) is 11.4 Å². The molecule has 5 rings (SSSR count). The van der Waals surface area contributed by atoms with Crippen molar-refractivity contribution in [2.45, 2.75) is 44.7 Å². The van der Waals surface area contributed by atoms with E-state index in [-0.39, 0.29) is 0 Å². The van der Waals surface area contributed by atoms with Gasteiger partial charge >= 0.3 is 6.03 Å². The van der Waals surface area contributed by atoms with E-state index in [1.165, 1.54) is 37.0 Å². The first-order chi connectivity index (χ1) is 17.2. The van der Waals surface area contributed by atoms with Gasteiger partial charge in [0.05, 0.1) is 23.4 Å². The topological polar surface area (TPSA) is 85.4 Å². The van der Waals surface area contributed by atoms with Gasteiger partial charge in [-0.15, -0.1) is 0 Å². The van der Waals surface area contributed by atoms with Crippen LogP contribution in [-0.4, -0.2) is 28.4 Å². The monoisotopic (exact) mass is 469 g/mol. The van der Waals surface area contributed by atoms with Crippen LogP contribution in [0.5, 0.6) is 11.5 Å². The van der Waals surface area contributed by atoms with E-state index in [0.717, 1.165) is 29.7 Å². The van der Waals surface area contributed by atoms with Crippen LogP contribution >= 0.6 is 0 Å². The maximum Gasteiger partial charge on any atom is 0.323 e. The first-order valence-electron chi connectivity index (χ1n) is 12.3. The van der Waals surface area contributed by atoms with Crippen LogP contribution in [0.1, 0.15) is 32.1 Å². The molecule has 0 radical (unpaired) electrons. The lowest BCUT2D eigenvalue weighted by molar-refractivity contribution is 0.256. The summed E-state index contributed by atoms with van der Waals surface area (Å²) >= 11 is 0. The van der Waals surface area contributed by atoms with Gasteiger partial charge < -0.3 is 15.8 Å². The molecule has 7 nitrogen and oxygen atoms in total. The second-order valence-electron chi connectivity index (χ2n) is 9.01. The Labute approximate surface area is 205 Å². The van der Waals surface area contributed by atoms with E-state index in [1.807, 2.05) is 83.7 Å². The fraction of sp³-hybridized carbons (Fsp3) is 0.286.